The fourth-order valence-electron chi connectivity index (χ4n) is 3.05. The van der Waals surface area contributed by atoms with Crippen molar-refractivity contribution in [3.8, 4) is 5.75 Å². The predicted octanol–water partition coefficient (Wildman–Crippen LogP) is 1.94. The van der Waals surface area contributed by atoms with E-state index in [1.807, 2.05) is 0 Å². The summed E-state index contributed by atoms with van der Waals surface area (Å²) in [7, 11) is -2.47. The Kier molecular flexibility index (Phi) is 5.41. The van der Waals surface area contributed by atoms with E-state index < -0.39 is 15.8 Å². The zero-order valence-electron chi connectivity index (χ0n) is 12.9. The minimum Gasteiger partial charge on any atom is -0.494 e. The first kappa shape index (κ1) is 17.2. The number of benzene rings is 1. The lowest BCUT2D eigenvalue weighted by Gasteiger charge is -2.23. The molecule has 0 bridgehead atoms. The molecule has 1 aliphatic rings. The summed E-state index contributed by atoms with van der Waals surface area (Å²) in [5.74, 6) is -0.374. The first-order valence-electron chi connectivity index (χ1n) is 7.46. The van der Waals surface area contributed by atoms with Gasteiger partial charge < -0.3 is 10.5 Å². The Balaban J connectivity index is 2.28. The molecule has 1 aromatic rings. The highest BCUT2D eigenvalue weighted by Gasteiger charge is 2.30. The van der Waals surface area contributed by atoms with Gasteiger partial charge in [0.2, 0.25) is 10.0 Å². The molecule has 5 nitrogen and oxygen atoms in total. The van der Waals surface area contributed by atoms with E-state index in [9.17, 15) is 12.8 Å². The highest BCUT2D eigenvalue weighted by atomic mass is 32.2. The van der Waals surface area contributed by atoms with Crippen LogP contribution in [-0.2, 0) is 10.0 Å². The van der Waals surface area contributed by atoms with Crippen molar-refractivity contribution < 1.29 is 17.5 Å². The third-order valence-electron chi connectivity index (χ3n) is 4.34. The van der Waals surface area contributed by atoms with Crippen LogP contribution in [0.4, 0.5) is 4.39 Å². The van der Waals surface area contributed by atoms with Crippen LogP contribution >= 0.6 is 0 Å². The Bertz CT molecular complexity index is 628. The maximum absolute atomic E-state index is 14.1. The van der Waals surface area contributed by atoms with Crippen LogP contribution < -0.4 is 15.2 Å². The molecule has 1 aliphatic carbocycles. The Morgan fingerprint density at radius 3 is 2.59 bits per heavy atom. The summed E-state index contributed by atoms with van der Waals surface area (Å²) in [6.07, 6.45) is 4.14. The monoisotopic (exact) mass is 330 g/mol. The first-order valence-corrected chi connectivity index (χ1v) is 8.94. The van der Waals surface area contributed by atoms with Gasteiger partial charge in [-0.25, -0.2) is 17.5 Å². The van der Waals surface area contributed by atoms with Gasteiger partial charge in [-0.15, -0.1) is 0 Å². The Labute approximate surface area is 131 Å². The minimum absolute atomic E-state index is 0.0302. The zero-order valence-corrected chi connectivity index (χ0v) is 13.7. The fourth-order valence-corrected chi connectivity index (χ4v) is 4.60. The molecule has 0 aromatic heterocycles. The van der Waals surface area contributed by atoms with Crippen LogP contribution in [-0.4, -0.2) is 28.1 Å². The normalized spacial score (nSPS) is 17.6. The summed E-state index contributed by atoms with van der Waals surface area (Å²) in [4.78, 5) is -0.0674. The smallest absolute Gasteiger partial charge is 0.241 e. The van der Waals surface area contributed by atoms with Gasteiger partial charge in [0.05, 0.1) is 12.0 Å². The molecule has 2 rings (SSSR count). The lowest BCUT2D eigenvalue weighted by atomic mass is 9.99. The molecule has 124 valence electrons. The number of hydrogen-bond acceptors (Lipinski definition) is 4. The van der Waals surface area contributed by atoms with Gasteiger partial charge in [0, 0.05) is 18.2 Å². The van der Waals surface area contributed by atoms with Crippen molar-refractivity contribution in [2.45, 2.75) is 43.5 Å². The number of nitrogens with one attached hydrogen (secondary N) is 1. The topological polar surface area (TPSA) is 81.4 Å². The zero-order chi connectivity index (χ0) is 16.3. The van der Waals surface area contributed by atoms with E-state index in [2.05, 4.69) is 4.72 Å². The number of halogens is 1. The average molecular weight is 330 g/mol. The Morgan fingerprint density at radius 2 is 2.05 bits per heavy atom. The molecule has 1 atom stereocenters. The summed E-state index contributed by atoms with van der Waals surface area (Å²) in [5.41, 5.74) is 5.78. The van der Waals surface area contributed by atoms with E-state index in [0.717, 1.165) is 25.7 Å². The molecule has 22 heavy (non-hydrogen) atoms. The van der Waals surface area contributed by atoms with Gasteiger partial charge in [-0.2, -0.15) is 0 Å². The summed E-state index contributed by atoms with van der Waals surface area (Å²) in [6, 6.07) is 2.38. The van der Waals surface area contributed by atoms with Crippen molar-refractivity contribution in [1.29, 1.82) is 0 Å². The molecule has 0 aliphatic heterocycles. The largest absolute Gasteiger partial charge is 0.494 e. The van der Waals surface area contributed by atoms with E-state index >= 15 is 0 Å². The van der Waals surface area contributed by atoms with Crippen molar-refractivity contribution in [3.05, 3.63) is 23.5 Å². The van der Waals surface area contributed by atoms with Gasteiger partial charge in [-0.05, 0) is 37.8 Å². The second-order valence-electron chi connectivity index (χ2n) is 5.71. The van der Waals surface area contributed by atoms with Gasteiger partial charge in [0.25, 0.3) is 0 Å². The molecular formula is C15H23FN2O3S. The Morgan fingerprint density at radius 1 is 1.41 bits per heavy atom. The maximum atomic E-state index is 14.1. The lowest BCUT2D eigenvalue weighted by Crippen LogP contribution is -2.44. The van der Waals surface area contributed by atoms with E-state index in [0.29, 0.717) is 0 Å². The second-order valence-corrected chi connectivity index (χ2v) is 7.40. The third kappa shape index (κ3) is 3.42. The molecule has 0 spiro atoms. The minimum atomic E-state index is -3.81. The molecule has 0 radical (unpaired) electrons. The summed E-state index contributed by atoms with van der Waals surface area (Å²) in [6.45, 7) is 1.67. The summed E-state index contributed by atoms with van der Waals surface area (Å²) in [5, 5.41) is 0. The number of ether oxygens (including phenoxy) is 1. The van der Waals surface area contributed by atoms with E-state index in [1.54, 1.807) is 0 Å². The number of nitrogens with two attached hydrogens (primary N) is 1. The number of hydrogen-bond donors (Lipinski definition) is 2. The van der Waals surface area contributed by atoms with Crippen LogP contribution in [0.2, 0.25) is 0 Å². The van der Waals surface area contributed by atoms with Gasteiger partial charge in [-0.1, -0.05) is 12.8 Å². The molecule has 0 saturated heterocycles. The van der Waals surface area contributed by atoms with Gasteiger partial charge in [-0.3, -0.25) is 0 Å². The number of methoxy groups -OCH3 is 1. The quantitative estimate of drug-likeness (QED) is 0.835. The van der Waals surface area contributed by atoms with Crippen molar-refractivity contribution in [2.24, 2.45) is 11.7 Å². The van der Waals surface area contributed by atoms with Crippen LogP contribution in [0.5, 0.6) is 5.75 Å². The van der Waals surface area contributed by atoms with Crippen molar-refractivity contribution in [2.75, 3.05) is 13.7 Å². The van der Waals surface area contributed by atoms with Gasteiger partial charge in [0.1, 0.15) is 0 Å². The SMILES string of the molecule is COc1ccc(S(=O)(=O)NC(CN)C2CCCC2)c(C)c1F. The van der Waals surface area contributed by atoms with E-state index in [4.69, 9.17) is 10.5 Å². The first-order chi connectivity index (χ1) is 10.4. The highest BCUT2D eigenvalue weighted by molar-refractivity contribution is 7.89. The van der Waals surface area contributed by atoms with Crippen LogP contribution in [0.25, 0.3) is 0 Å². The van der Waals surface area contributed by atoms with Crippen molar-refractivity contribution >= 4 is 10.0 Å². The molecule has 7 heteroatoms. The molecule has 3 N–H and O–H groups in total. The Hall–Kier alpha value is -1.18. The lowest BCUT2D eigenvalue weighted by molar-refractivity contribution is 0.383. The fraction of sp³-hybridized carbons (Fsp3) is 0.600. The molecule has 1 unspecified atom stereocenters. The van der Waals surface area contributed by atoms with E-state index in [-0.39, 0.29) is 34.7 Å². The molecule has 0 heterocycles. The summed E-state index contributed by atoms with van der Waals surface area (Å²) < 4.78 is 46.7. The van der Waals surface area contributed by atoms with Crippen LogP contribution in [0.3, 0.4) is 0 Å². The maximum Gasteiger partial charge on any atom is 0.241 e. The molecule has 1 fully saturated rings. The average Bonchev–Trinajstić information content (AvgIpc) is 3.01. The number of rotatable bonds is 6. The van der Waals surface area contributed by atoms with Crippen molar-refractivity contribution in [1.82, 2.24) is 4.72 Å². The summed E-state index contributed by atoms with van der Waals surface area (Å²) >= 11 is 0. The third-order valence-corrected chi connectivity index (χ3v) is 5.97. The van der Waals surface area contributed by atoms with Gasteiger partial charge in [0.15, 0.2) is 11.6 Å². The molecule has 1 saturated carbocycles. The standard InChI is InChI=1S/C15H23FN2O3S/c1-10-14(8-7-13(21-2)15(10)16)22(19,20)18-12(9-17)11-5-3-4-6-11/h7-8,11-12,18H,3-6,9,17H2,1-2H3. The van der Waals surface area contributed by atoms with Crippen LogP contribution in [0.15, 0.2) is 17.0 Å². The van der Waals surface area contributed by atoms with Crippen LogP contribution in [0, 0.1) is 18.7 Å². The number of sulfonamides is 1. The van der Waals surface area contributed by atoms with Crippen LogP contribution in [0.1, 0.15) is 31.2 Å². The predicted molar refractivity (Wildman–Crippen MR) is 82.8 cm³/mol. The van der Waals surface area contributed by atoms with Crippen molar-refractivity contribution in [3.63, 3.8) is 0 Å². The highest BCUT2D eigenvalue weighted by Crippen LogP contribution is 2.30. The second kappa shape index (κ2) is 6.93. The molecule has 1 aromatic carbocycles. The molecule has 0 amide bonds. The van der Waals surface area contributed by atoms with Gasteiger partial charge >= 0.3 is 0 Å². The van der Waals surface area contributed by atoms with E-state index in [1.165, 1.54) is 26.2 Å². The molecular weight excluding hydrogens is 307 g/mol.